The summed E-state index contributed by atoms with van der Waals surface area (Å²) in [6, 6.07) is 14.0. The highest BCUT2D eigenvalue weighted by Crippen LogP contribution is 2.44. The molecule has 9 heteroatoms. The number of ether oxygens (including phenoxy) is 1. The summed E-state index contributed by atoms with van der Waals surface area (Å²) in [5, 5.41) is 14.4. The number of piperazine rings is 1. The van der Waals surface area contributed by atoms with Crippen LogP contribution >= 0.6 is 0 Å². The molecule has 2 atom stereocenters. The molecule has 0 bridgehead atoms. The van der Waals surface area contributed by atoms with Crippen molar-refractivity contribution in [2.45, 2.75) is 44.2 Å². The van der Waals surface area contributed by atoms with E-state index in [1.807, 2.05) is 55.5 Å². The van der Waals surface area contributed by atoms with E-state index in [1.54, 1.807) is 0 Å². The fourth-order valence-corrected chi connectivity index (χ4v) is 4.88. The van der Waals surface area contributed by atoms with Gasteiger partial charge in [-0.2, -0.15) is 0 Å². The van der Waals surface area contributed by atoms with Crippen molar-refractivity contribution in [3.63, 3.8) is 0 Å². The smallest absolute Gasteiger partial charge is 0.407 e. The second-order valence-electron chi connectivity index (χ2n) is 8.75. The number of hydrogen-bond donors (Lipinski definition) is 3. The molecule has 2 aromatic rings. The van der Waals surface area contributed by atoms with Crippen LogP contribution in [0.2, 0.25) is 0 Å². The van der Waals surface area contributed by atoms with Gasteiger partial charge in [0.15, 0.2) is 0 Å². The lowest BCUT2D eigenvalue weighted by molar-refractivity contribution is -0.149. The number of amides is 3. The number of alkyl carbamates (subject to hydrolysis) is 1. The van der Waals surface area contributed by atoms with Crippen molar-refractivity contribution in [3.05, 3.63) is 59.7 Å². The van der Waals surface area contributed by atoms with Crippen molar-refractivity contribution >= 4 is 23.9 Å². The number of carboxylic acid groups (broad SMARTS) is 1. The van der Waals surface area contributed by atoms with Gasteiger partial charge in [0.05, 0.1) is 6.42 Å². The Kier molecular flexibility index (Phi) is 7.33. The van der Waals surface area contributed by atoms with E-state index in [9.17, 15) is 24.3 Å². The Morgan fingerprint density at radius 1 is 1.11 bits per heavy atom. The maximum Gasteiger partial charge on any atom is 0.407 e. The maximum absolute atomic E-state index is 13.2. The van der Waals surface area contributed by atoms with Crippen LogP contribution in [0.5, 0.6) is 0 Å². The largest absolute Gasteiger partial charge is 0.481 e. The minimum absolute atomic E-state index is 0.112. The van der Waals surface area contributed by atoms with Gasteiger partial charge in [0.2, 0.25) is 11.8 Å². The minimum Gasteiger partial charge on any atom is -0.481 e. The number of nitrogens with zero attached hydrogens (tertiary/aromatic N) is 1. The number of hydrogen-bond acceptors (Lipinski definition) is 5. The van der Waals surface area contributed by atoms with Gasteiger partial charge < -0.3 is 25.4 Å². The van der Waals surface area contributed by atoms with Gasteiger partial charge in [-0.25, -0.2) is 4.79 Å². The zero-order chi connectivity index (χ0) is 24.9. The van der Waals surface area contributed by atoms with Crippen LogP contribution in [0.3, 0.4) is 0 Å². The predicted molar refractivity (Wildman–Crippen MR) is 128 cm³/mol. The second-order valence-corrected chi connectivity index (χ2v) is 8.75. The topological polar surface area (TPSA) is 125 Å². The normalized spacial score (nSPS) is 17.7. The number of benzene rings is 2. The predicted octanol–water partition coefficient (Wildman–Crippen LogP) is 2.50. The van der Waals surface area contributed by atoms with Crippen molar-refractivity contribution < 1.29 is 29.0 Å². The molecule has 1 aliphatic carbocycles. The van der Waals surface area contributed by atoms with Gasteiger partial charge in [-0.15, -0.1) is 0 Å². The van der Waals surface area contributed by atoms with Crippen LogP contribution in [0.1, 0.15) is 43.2 Å². The highest BCUT2D eigenvalue weighted by atomic mass is 16.5. The molecule has 0 aromatic heterocycles. The van der Waals surface area contributed by atoms with Crippen LogP contribution in [0.25, 0.3) is 11.1 Å². The number of aliphatic carboxylic acids is 1. The lowest BCUT2D eigenvalue weighted by Crippen LogP contribution is -2.61. The molecule has 3 amide bonds. The molecule has 2 aliphatic rings. The number of fused-ring (bicyclic) bond motifs is 3. The van der Waals surface area contributed by atoms with Gasteiger partial charge in [-0.3, -0.25) is 14.4 Å². The summed E-state index contributed by atoms with van der Waals surface area (Å²) < 4.78 is 5.57. The van der Waals surface area contributed by atoms with E-state index in [2.05, 4.69) is 10.6 Å². The van der Waals surface area contributed by atoms with Crippen molar-refractivity contribution in [1.82, 2.24) is 15.5 Å². The molecule has 0 spiro atoms. The maximum atomic E-state index is 13.2. The number of rotatable bonds is 8. The van der Waals surface area contributed by atoms with E-state index < -0.39 is 42.4 Å². The molecular formula is C26H29N3O6. The van der Waals surface area contributed by atoms with Crippen LogP contribution in [-0.2, 0) is 19.1 Å². The Morgan fingerprint density at radius 3 is 2.34 bits per heavy atom. The first kappa shape index (κ1) is 24.3. The van der Waals surface area contributed by atoms with E-state index in [4.69, 9.17) is 4.74 Å². The summed E-state index contributed by atoms with van der Waals surface area (Å²) in [4.78, 5) is 50.7. The van der Waals surface area contributed by atoms with Crippen molar-refractivity contribution in [2.75, 3.05) is 19.7 Å². The molecule has 1 heterocycles. The van der Waals surface area contributed by atoms with Crippen LogP contribution < -0.4 is 10.6 Å². The number of nitrogens with one attached hydrogen (secondary N) is 2. The molecule has 0 saturated carbocycles. The average Bonchev–Trinajstić information content (AvgIpc) is 3.17. The molecule has 9 nitrogen and oxygen atoms in total. The van der Waals surface area contributed by atoms with E-state index >= 15 is 0 Å². The first-order valence-corrected chi connectivity index (χ1v) is 11.8. The Morgan fingerprint density at radius 2 is 1.74 bits per heavy atom. The molecule has 4 rings (SSSR count). The Hall–Kier alpha value is -3.88. The third kappa shape index (κ3) is 5.13. The summed E-state index contributed by atoms with van der Waals surface area (Å²) in [6.45, 7) is 2.39. The third-order valence-corrected chi connectivity index (χ3v) is 6.49. The zero-order valence-electron chi connectivity index (χ0n) is 19.5. The third-order valence-electron chi connectivity index (χ3n) is 6.49. The second kappa shape index (κ2) is 10.6. The minimum atomic E-state index is -1.18. The van der Waals surface area contributed by atoms with E-state index in [-0.39, 0.29) is 25.6 Å². The monoisotopic (exact) mass is 479 g/mol. The highest BCUT2D eigenvalue weighted by Gasteiger charge is 2.38. The van der Waals surface area contributed by atoms with Crippen molar-refractivity contribution in [1.29, 1.82) is 0 Å². The lowest BCUT2D eigenvalue weighted by Gasteiger charge is -2.36. The summed E-state index contributed by atoms with van der Waals surface area (Å²) >= 11 is 0. The van der Waals surface area contributed by atoms with Crippen LogP contribution in [0, 0.1) is 0 Å². The molecule has 1 aliphatic heterocycles. The van der Waals surface area contributed by atoms with E-state index in [0.717, 1.165) is 22.3 Å². The van der Waals surface area contributed by atoms with Crippen LogP contribution in [-0.4, -0.2) is 65.7 Å². The van der Waals surface area contributed by atoms with Gasteiger partial charge in [-0.05, 0) is 28.7 Å². The molecular weight excluding hydrogens is 450 g/mol. The molecule has 1 fully saturated rings. The van der Waals surface area contributed by atoms with Crippen LogP contribution in [0.15, 0.2) is 48.5 Å². The highest BCUT2D eigenvalue weighted by molar-refractivity contribution is 5.94. The Labute approximate surface area is 203 Å². The molecule has 3 N–H and O–H groups in total. The summed E-state index contributed by atoms with van der Waals surface area (Å²) in [5.41, 5.74) is 4.39. The summed E-state index contributed by atoms with van der Waals surface area (Å²) in [7, 11) is 0. The molecule has 1 unspecified atom stereocenters. The van der Waals surface area contributed by atoms with Gasteiger partial charge in [0, 0.05) is 19.0 Å². The summed E-state index contributed by atoms with van der Waals surface area (Å²) in [6.07, 6.45) is -0.290. The molecule has 35 heavy (non-hydrogen) atoms. The standard InChI is InChI=1S/C26H29N3O6/c1-2-7-21(25(33)29-13-12-27-24(32)22(29)14-23(30)31)28-26(34)35-15-20-18-10-5-3-8-16(18)17-9-4-6-11-19(17)20/h3-6,8-11,20-22H,2,7,12-15H2,1H3,(H,27,32)(H,28,34)(H,30,31)/t21-,22?/m0/s1. The Balaban J connectivity index is 1.44. The van der Waals surface area contributed by atoms with Gasteiger partial charge in [-0.1, -0.05) is 61.9 Å². The summed E-state index contributed by atoms with van der Waals surface area (Å²) in [5.74, 6) is -2.29. The Bertz CT molecular complexity index is 1090. The van der Waals surface area contributed by atoms with Crippen molar-refractivity contribution in [2.24, 2.45) is 0 Å². The number of carboxylic acids is 1. The van der Waals surface area contributed by atoms with Crippen LogP contribution in [0.4, 0.5) is 4.79 Å². The van der Waals surface area contributed by atoms with Gasteiger partial charge >= 0.3 is 12.1 Å². The zero-order valence-corrected chi connectivity index (χ0v) is 19.5. The van der Waals surface area contributed by atoms with E-state index in [0.29, 0.717) is 12.8 Å². The lowest BCUT2D eigenvalue weighted by atomic mass is 9.98. The molecule has 2 aromatic carbocycles. The first-order valence-electron chi connectivity index (χ1n) is 11.8. The molecule has 1 saturated heterocycles. The number of carbonyl (C=O) groups is 4. The molecule has 184 valence electrons. The fraction of sp³-hybridized carbons (Fsp3) is 0.385. The van der Waals surface area contributed by atoms with Crippen molar-refractivity contribution in [3.8, 4) is 11.1 Å². The molecule has 0 radical (unpaired) electrons. The SMILES string of the molecule is CCC[C@H](NC(=O)OCC1c2ccccc2-c2ccccc21)C(=O)N1CCNC(=O)C1CC(=O)O. The first-order chi connectivity index (χ1) is 16.9. The number of carbonyl (C=O) groups excluding carboxylic acids is 3. The van der Waals surface area contributed by atoms with Gasteiger partial charge in [0.1, 0.15) is 18.7 Å². The average molecular weight is 480 g/mol. The fourth-order valence-electron chi connectivity index (χ4n) is 4.88. The van der Waals surface area contributed by atoms with E-state index in [1.165, 1.54) is 4.90 Å². The quantitative estimate of drug-likeness (QED) is 0.534. The van der Waals surface area contributed by atoms with Gasteiger partial charge in [0.25, 0.3) is 0 Å².